The molecule has 14 heavy (non-hydrogen) atoms. The van der Waals surface area contributed by atoms with Crippen LogP contribution in [0.15, 0.2) is 6.20 Å². The zero-order valence-electron chi connectivity index (χ0n) is 7.83. The number of nitrogens with zero attached hydrogens (tertiary/aromatic N) is 1. The average Bonchev–Trinajstić information content (AvgIpc) is 2.63. The summed E-state index contributed by atoms with van der Waals surface area (Å²) in [6, 6.07) is 0. The number of hydrogen-bond acceptors (Lipinski definition) is 4. The molecule has 2 heterocycles. The second-order valence-electron chi connectivity index (χ2n) is 3.36. The molecule has 1 aliphatic heterocycles. The molecule has 1 aliphatic rings. The van der Waals surface area contributed by atoms with Gasteiger partial charge in [0, 0.05) is 12.7 Å². The van der Waals surface area contributed by atoms with Crippen LogP contribution in [0.2, 0.25) is 4.47 Å². The Morgan fingerprint density at radius 2 is 2.64 bits per heavy atom. The molecule has 1 fully saturated rings. The molecule has 0 aliphatic carbocycles. The number of ether oxygens (including phenoxy) is 1. The van der Waals surface area contributed by atoms with E-state index in [0.717, 1.165) is 24.4 Å². The predicted molar refractivity (Wildman–Crippen MR) is 57.8 cm³/mol. The average molecular weight is 233 g/mol. The maximum atomic E-state index is 5.73. The third kappa shape index (κ3) is 2.92. The minimum atomic E-state index is 0.352. The van der Waals surface area contributed by atoms with Crippen molar-refractivity contribution in [2.75, 3.05) is 13.1 Å². The van der Waals surface area contributed by atoms with E-state index in [-0.39, 0.29) is 0 Å². The molecule has 0 radical (unpaired) electrons. The van der Waals surface area contributed by atoms with Gasteiger partial charge in [-0.05, 0) is 19.4 Å². The highest BCUT2D eigenvalue weighted by molar-refractivity contribution is 7.15. The third-order valence-electron chi connectivity index (χ3n) is 2.24. The molecule has 1 aromatic rings. The van der Waals surface area contributed by atoms with Gasteiger partial charge in [0.1, 0.15) is 0 Å². The quantitative estimate of drug-likeness (QED) is 0.867. The van der Waals surface area contributed by atoms with Crippen molar-refractivity contribution in [3.63, 3.8) is 0 Å². The Bertz CT molecular complexity index is 286. The van der Waals surface area contributed by atoms with E-state index in [2.05, 4.69) is 10.3 Å². The first-order valence-electron chi connectivity index (χ1n) is 4.77. The molecule has 0 saturated carbocycles. The van der Waals surface area contributed by atoms with Crippen molar-refractivity contribution >= 4 is 22.9 Å². The molecule has 0 bridgehead atoms. The number of halogens is 1. The zero-order valence-corrected chi connectivity index (χ0v) is 9.40. The minimum absolute atomic E-state index is 0.352. The van der Waals surface area contributed by atoms with Crippen molar-refractivity contribution in [3.05, 3.63) is 15.5 Å². The van der Waals surface area contributed by atoms with E-state index in [0.29, 0.717) is 17.2 Å². The first-order valence-corrected chi connectivity index (χ1v) is 5.96. The molecule has 3 nitrogen and oxygen atoms in total. The van der Waals surface area contributed by atoms with Crippen LogP contribution in [0.5, 0.6) is 0 Å². The molecular formula is C9H13ClN2OS. The highest BCUT2D eigenvalue weighted by atomic mass is 35.5. The maximum Gasteiger partial charge on any atom is 0.183 e. The van der Waals surface area contributed by atoms with Gasteiger partial charge in [-0.25, -0.2) is 4.98 Å². The summed E-state index contributed by atoms with van der Waals surface area (Å²) in [5.41, 5.74) is 0. The summed E-state index contributed by atoms with van der Waals surface area (Å²) in [5, 5.41) is 3.31. The second kappa shape index (κ2) is 5.07. The van der Waals surface area contributed by atoms with Gasteiger partial charge in [-0.3, -0.25) is 0 Å². The lowest BCUT2D eigenvalue weighted by molar-refractivity contribution is 0.0266. The normalized spacial score (nSPS) is 22.5. The number of piperidine rings is 1. The third-order valence-corrected chi connectivity index (χ3v) is 3.33. The predicted octanol–water partition coefficient (Wildman–Crippen LogP) is 2.07. The van der Waals surface area contributed by atoms with Gasteiger partial charge in [0.05, 0.1) is 17.6 Å². The highest BCUT2D eigenvalue weighted by Crippen LogP contribution is 2.19. The summed E-state index contributed by atoms with van der Waals surface area (Å²) in [7, 11) is 0. The van der Waals surface area contributed by atoms with Gasteiger partial charge in [0.25, 0.3) is 0 Å². The Kier molecular flexibility index (Phi) is 3.75. The smallest absolute Gasteiger partial charge is 0.183 e. The fourth-order valence-electron chi connectivity index (χ4n) is 1.51. The van der Waals surface area contributed by atoms with Crippen LogP contribution in [0, 0.1) is 0 Å². The Hall–Kier alpha value is -0.160. The van der Waals surface area contributed by atoms with Crippen molar-refractivity contribution in [1.82, 2.24) is 10.3 Å². The van der Waals surface area contributed by atoms with Crippen LogP contribution in [0.4, 0.5) is 0 Å². The Balaban J connectivity index is 1.76. The van der Waals surface area contributed by atoms with Crippen molar-refractivity contribution in [1.29, 1.82) is 0 Å². The van der Waals surface area contributed by atoms with E-state index in [1.807, 2.05) is 0 Å². The summed E-state index contributed by atoms with van der Waals surface area (Å²) < 4.78 is 6.32. The van der Waals surface area contributed by atoms with Crippen molar-refractivity contribution in [2.24, 2.45) is 0 Å². The number of thiazole rings is 1. The SMILES string of the molecule is Clc1ncc(CO[C@H]2CCCNC2)s1. The van der Waals surface area contributed by atoms with Gasteiger partial charge in [0.2, 0.25) is 0 Å². The van der Waals surface area contributed by atoms with Gasteiger partial charge >= 0.3 is 0 Å². The number of rotatable bonds is 3. The Morgan fingerprint density at radius 1 is 1.71 bits per heavy atom. The van der Waals surface area contributed by atoms with Gasteiger partial charge in [-0.15, -0.1) is 11.3 Å². The lowest BCUT2D eigenvalue weighted by Crippen LogP contribution is -2.35. The van der Waals surface area contributed by atoms with E-state index in [1.54, 1.807) is 6.20 Å². The fourth-order valence-corrected chi connectivity index (χ4v) is 2.41. The van der Waals surface area contributed by atoms with Gasteiger partial charge < -0.3 is 10.1 Å². The Morgan fingerprint density at radius 3 is 3.29 bits per heavy atom. The monoisotopic (exact) mass is 232 g/mol. The van der Waals surface area contributed by atoms with Crippen LogP contribution in [0.25, 0.3) is 0 Å². The summed E-state index contributed by atoms with van der Waals surface area (Å²) in [6.45, 7) is 2.72. The maximum absolute atomic E-state index is 5.73. The lowest BCUT2D eigenvalue weighted by atomic mass is 10.1. The summed E-state index contributed by atoms with van der Waals surface area (Å²) >= 11 is 7.21. The number of aromatic nitrogens is 1. The molecule has 2 rings (SSSR count). The van der Waals surface area contributed by atoms with Crippen LogP contribution in [0.1, 0.15) is 17.7 Å². The summed E-state index contributed by atoms with van der Waals surface area (Å²) in [5.74, 6) is 0. The molecule has 0 unspecified atom stereocenters. The first kappa shape index (κ1) is 10.4. The van der Waals surface area contributed by atoms with Gasteiger partial charge in [0.15, 0.2) is 4.47 Å². The molecule has 1 aromatic heterocycles. The topological polar surface area (TPSA) is 34.1 Å². The van der Waals surface area contributed by atoms with Crippen molar-refractivity contribution in [3.8, 4) is 0 Å². The van der Waals surface area contributed by atoms with Crippen molar-refractivity contribution < 1.29 is 4.74 Å². The Labute approximate surface area is 92.4 Å². The van der Waals surface area contributed by atoms with Crippen LogP contribution in [0.3, 0.4) is 0 Å². The molecule has 0 aromatic carbocycles. The standard InChI is InChI=1S/C9H13ClN2OS/c10-9-12-5-8(14-9)6-13-7-2-1-3-11-4-7/h5,7,11H,1-4,6H2/t7-/m0/s1. The van der Waals surface area contributed by atoms with Gasteiger partial charge in [-0.2, -0.15) is 0 Å². The van der Waals surface area contributed by atoms with E-state index < -0.39 is 0 Å². The second-order valence-corrected chi connectivity index (χ2v) is 5.06. The van der Waals surface area contributed by atoms with E-state index in [4.69, 9.17) is 16.3 Å². The van der Waals surface area contributed by atoms with E-state index in [9.17, 15) is 0 Å². The summed E-state index contributed by atoms with van der Waals surface area (Å²) in [4.78, 5) is 5.07. The number of nitrogens with one attached hydrogen (secondary N) is 1. The van der Waals surface area contributed by atoms with E-state index in [1.165, 1.54) is 17.8 Å². The van der Waals surface area contributed by atoms with Crippen LogP contribution in [-0.4, -0.2) is 24.2 Å². The summed E-state index contributed by atoms with van der Waals surface area (Å²) in [6.07, 6.45) is 4.49. The molecule has 78 valence electrons. The highest BCUT2D eigenvalue weighted by Gasteiger charge is 2.13. The largest absolute Gasteiger partial charge is 0.371 e. The first-order chi connectivity index (χ1) is 6.84. The van der Waals surface area contributed by atoms with Crippen LogP contribution in [-0.2, 0) is 11.3 Å². The van der Waals surface area contributed by atoms with Crippen LogP contribution >= 0.6 is 22.9 Å². The molecule has 1 saturated heterocycles. The molecule has 5 heteroatoms. The molecule has 1 N–H and O–H groups in total. The lowest BCUT2D eigenvalue weighted by Gasteiger charge is -2.22. The number of hydrogen-bond donors (Lipinski definition) is 1. The molecule has 1 atom stereocenters. The molecular weight excluding hydrogens is 220 g/mol. The van der Waals surface area contributed by atoms with Gasteiger partial charge in [-0.1, -0.05) is 11.6 Å². The zero-order chi connectivity index (χ0) is 9.80. The molecule has 0 spiro atoms. The fraction of sp³-hybridized carbons (Fsp3) is 0.667. The minimum Gasteiger partial charge on any atom is -0.371 e. The van der Waals surface area contributed by atoms with Crippen molar-refractivity contribution in [2.45, 2.75) is 25.6 Å². The van der Waals surface area contributed by atoms with Crippen LogP contribution < -0.4 is 5.32 Å². The molecule has 0 amide bonds. The van der Waals surface area contributed by atoms with E-state index >= 15 is 0 Å².